The molecule has 5 rings (SSSR count). The first-order valence-corrected chi connectivity index (χ1v) is 11.6. The van der Waals surface area contributed by atoms with E-state index in [-0.39, 0.29) is 17.2 Å². The number of amides is 1. The van der Waals surface area contributed by atoms with Crippen LogP contribution in [0.3, 0.4) is 0 Å². The molecule has 0 radical (unpaired) electrons. The molecule has 0 spiro atoms. The number of aromatic amines is 1. The van der Waals surface area contributed by atoms with Crippen LogP contribution >= 0.6 is 0 Å². The summed E-state index contributed by atoms with van der Waals surface area (Å²) >= 11 is 0. The third-order valence-electron chi connectivity index (χ3n) is 6.62. The van der Waals surface area contributed by atoms with Crippen LogP contribution in [-0.4, -0.2) is 38.3 Å². The van der Waals surface area contributed by atoms with Crippen molar-refractivity contribution in [2.75, 3.05) is 7.05 Å². The van der Waals surface area contributed by atoms with E-state index in [1.807, 2.05) is 6.07 Å². The van der Waals surface area contributed by atoms with E-state index in [4.69, 9.17) is 0 Å². The van der Waals surface area contributed by atoms with Gasteiger partial charge in [-0.05, 0) is 55.1 Å². The summed E-state index contributed by atoms with van der Waals surface area (Å²) in [6.45, 7) is 1.27. The highest BCUT2D eigenvalue weighted by Crippen LogP contribution is 2.24. The number of pyridine rings is 1. The Hall–Kier alpha value is -3.45. The lowest BCUT2D eigenvalue weighted by Crippen LogP contribution is -2.32. The Labute approximate surface area is 192 Å². The Balaban J connectivity index is 1.26. The molecule has 0 atom stereocenters. The van der Waals surface area contributed by atoms with Crippen molar-refractivity contribution in [3.05, 3.63) is 82.0 Å². The van der Waals surface area contributed by atoms with Gasteiger partial charge in [-0.2, -0.15) is 0 Å². The minimum atomic E-state index is -0.361. The highest BCUT2D eigenvalue weighted by molar-refractivity contribution is 5.92. The van der Waals surface area contributed by atoms with E-state index in [0.717, 1.165) is 17.6 Å². The molecule has 7 heteroatoms. The van der Waals surface area contributed by atoms with Gasteiger partial charge in [0.15, 0.2) is 0 Å². The first-order chi connectivity index (χ1) is 16.1. The maximum atomic E-state index is 12.6. The number of H-pyrrole nitrogens is 1. The molecule has 0 aliphatic heterocycles. The van der Waals surface area contributed by atoms with E-state index in [9.17, 15) is 9.59 Å². The minimum absolute atomic E-state index is 0.125. The third-order valence-corrected chi connectivity index (χ3v) is 6.62. The fourth-order valence-corrected chi connectivity index (χ4v) is 4.79. The molecular weight excluding hydrogens is 414 g/mol. The fraction of sp³-hybridized carbons (Fsp3) is 0.346. The molecule has 1 saturated carbocycles. The number of nitrogens with one attached hydrogen (secondary N) is 2. The van der Waals surface area contributed by atoms with Crippen molar-refractivity contribution >= 4 is 22.5 Å². The first-order valence-electron chi connectivity index (χ1n) is 11.6. The van der Waals surface area contributed by atoms with E-state index in [1.165, 1.54) is 53.7 Å². The lowest BCUT2D eigenvalue weighted by molar-refractivity contribution is 0.0946. The summed E-state index contributed by atoms with van der Waals surface area (Å²) in [5.74, 6) is -0.361. The fourth-order valence-electron chi connectivity index (χ4n) is 4.79. The SMILES string of the molecule is CN(Cc1cc2ccc(CNC(=O)c3cc(=O)n4ccccc4n3)cc2[nH]1)C1CCCCC1. The van der Waals surface area contributed by atoms with Gasteiger partial charge in [-0.3, -0.25) is 18.9 Å². The Bertz CT molecular complexity index is 1350. The number of benzene rings is 1. The molecule has 1 amide bonds. The molecule has 7 nitrogen and oxygen atoms in total. The second-order valence-electron chi connectivity index (χ2n) is 9.01. The van der Waals surface area contributed by atoms with Crippen LogP contribution in [0.2, 0.25) is 0 Å². The standard InChI is InChI=1S/C26H29N5O2/c1-30(21-7-3-2-4-8-21)17-20-14-19-11-10-18(13-22(19)28-20)16-27-26(33)23-15-25(32)31-12-6-5-9-24(31)29-23/h5-6,9-15,21,28H,2-4,7-8,16-17H2,1H3,(H,27,33). The van der Waals surface area contributed by atoms with E-state index in [0.29, 0.717) is 18.2 Å². The van der Waals surface area contributed by atoms with Crippen LogP contribution in [0, 0.1) is 0 Å². The summed E-state index contributed by atoms with van der Waals surface area (Å²) < 4.78 is 1.42. The lowest BCUT2D eigenvalue weighted by atomic mass is 9.94. The van der Waals surface area contributed by atoms with Crippen LogP contribution in [0.4, 0.5) is 0 Å². The largest absolute Gasteiger partial charge is 0.357 e. The molecule has 3 aromatic heterocycles. The Morgan fingerprint density at radius 2 is 2.00 bits per heavy atom. The van der Waals surface area contributed by atoms with Gasteiger partial charge in [0.1, 0.15) is 11.3 Å². The van der Waals surface area contributed by atoms with Crippen LogP contribution in [0.15, 0.2) is 59.5 Å². The van der Waals surface area contributed by atoms with Crippen molar-refractivity contribution in [2.24, 2.45) is 0 Å². The highest BCUT2D eigenvalue weighted by atomic mass is 16.2. The normalized spacial score (nSPS) is 14.8. The molecule has 1 aliphatic carbocycles. The first kappa shape index (κ1) is 21.4. The average molecular weight is 444 g/mol. The van der Waals surface area contributed by atoms with Crippen molar-refractivity contribution in [2.45, 2.75) is 51.2 Å². The van der Waals surface area contributed by atoms with Gasteiger partial charge in [0, 0.05) is 42.6 Å². The van der Waals surface area contributed by atoms with Gasteiger partial charge >= 0.3 is 0 Å². The Morgan fingerprint density at radius 1 is 1.15 bits per heavy atom. The molecule has 170 valence electrons. The smallest absolute Gasteiger partial charge is 0.270 e. The predicted molar refractivity (Wildman–Crippen MR) is 129 cm³/mol. The number of hydrogen-bond acceptors (Lipinski definition) is 4. The number of aromatic nitrogens is 3. The second-order valence-corrected chi connectivity index (χ2v) is 9.01. The van der Waals surface area contributed by atoms with Gasteiger partial charge in [-0.15, -0.1) is 0 Å². The van der Waals surface area contributed by atoms with Crippen LogP contribution in [0.5, 0.6) is 0 Å². The summed E-state index contributed by atoms with van der Waals surface area (Å²) in [7, 11) is 2.22. The molecule has 0 unspecified atom stereocenters. The Kier molecular flexibility index (Phi) is 5.96. The van der Waals surface area contributed by atoms with Gasteiger partial charge < -0.3 is 10.3 Å². The predicted octanol–water partition coefficient (Wildman–Crippen LogP) is 3.87. The number of nitrogens with zero attached hydrogens (tertiary/aromatic N) is 3. The third kappa shape index (κ3) is 4.68. The molecular formula is C26H29N5O2. The average Bonchev–Trinajstić information content (AvgIpc) is 3.24. The maximum Gasteiger partial charge on any atom is 0.270 e. The van der Waals surface area contributed by atoms with Crippen LogP contribution < -0.4 is 10.9 Å². The number of carbonyl (C=O) groups is 1. The molecule has 33 heavy (non-hydrogen) atoms. The van der Waals surface area contributed by atoms with Crippen LogP contribution in [-0.2, 0) is 13.1 Å². The molecule has 1 fully saturated rings. The zero-order valence-electron chi connectivity index (χ0n) is 18.9. The van der Waals surface area contributed by atoms with Crippen LogP contribution in [0.25, 0.3) is 16.6 Å². The number of fused-ring (bicyclic) bond motifs is 2. The Morgan fingerprint density at radius 3 is 2.85 bits per heavy atom. The number of rotatable bonds is 6. The summed E-state index contributed by atoms with van der Waals surface area (Å²) in [5, 5.41) is 4.05. The van der Waals surface area contributed by atoms with Gasteiger partial charge in [0.2, 0.25) is 0 Å². The molecule has 4 aromatic rings. The molecule has 3 heterocycles. The topological polar surface area (TPSA) is 82.5 Å². The summed E-state index contributed by atoms with van der Waals surface area (Å²) in [6, 6.07) is 15.6. The van der Waals surface area contributed by atoms with Crippen molar-refractivity contribution < 1.29 is 4.79 Å². The lowest BCUT2D eigenvalue weighted by Gasteiger charge is -2.30. The van der Waals surface area contributed by atoms with E-state index in [1.54, 1.807) is 24.4 Å². The molecule has 0 saturated heterocycles. The summed E-state index contributed by atoms with van der Waals surface area (Å²) in [4.78, 5) is 35.2. The van der Waals surface area contributed by atoms with E-state index in [2.05, 4.69) is 45.4 Å². The molecule has 1 aromatic carbocycles. The van der Waals surface area contributed by atoms with Gasteiger partial charge in [-0.25, -0.2) is 4.98 Å². The second kappa shape index (κ2) is 9.19. The molecule has 1 aliphatic rings. The summed E-state index contributed by atoms with van der Waals surface area (Å²) in [6.07, 6.45) is 8.25. The molecule has 0 bridgehead atoms. The quantitative estimate of drug-likeness (QED) is 0.474. The van der Waals surface area contributed by atoms with E-state index < -0.39 is 0 Å². The van der Waals surface area contributed by atoms with Crippen molar-refractivity contribution in [3.63, 3.8) is 0 Å². The van der Waals surface area contributed by atoms with E-state index >= 15 is 0 Å². The van der Waals surface area contributed by atoms with Gasteiger partial charge in [0.05, 0.1) is 0 Å². The van der Waals surface area contributed by atoms with Crippen molar-refractivity contribution in [1.29, 1.82) is 0 Å². The number of hydrogen-bond donors (Lipinski definition) is 2. The molecule has 2 N–H and O–H groups in total. The zero-order valence-corrected chi connectivity index (χ0v) is 18.9. The van der Waals surface area contributed by atoms with Crippen LogP contribution in [0.1, 0.15) is 53.8 Å². The monoisotopic (exact) mass is 443 g/mol. The minimum Gasteiger partial charge on any atom is -0.357 e. The van der Waals surface area contributed by atoms with Crippen molar-refractivity contribution in [3.8, 4) is 0 Å². The maximum absolute atomic E-state index is 12.6. The van der Waals surface area contributed by atoms with Gasteiger partial charge in [0.25, 0.3) is 11.5 Å². The zero-order chi connectivity index (χ0) is 22.8. The number of carbonyl (C=O) groups excluding carboxylic acids is 1. The summed E-state index contributed by atoms with van der Waals surface area (Å²) in [5.41, 5.74) is 3.57. The van der Waals surface area contributed by atoms with Crippen molar-refractivity contribution in [1.82, 2.24) is 24.6 Å². The highest BCUT2D eigenvalue weighted by Gasteiger charge is 2.18. The van der Waals surface area contributed by atoms with Gasteiger partial charge in [-0.1, -0.05) is 37.5 Å².